The molecule has 0 fully saturated rings. The average Bonchev–Trinajstić information content (AvgIpc) is 3.35. The second-order valence-corrected chi connectivity index (χ2v) is 22.7. The van der Waals surface area contributed by atoms with Gasteiger partial charge < -0.3 is 19.3 Å². The van der Waals surface area contributed by atoms with Crippen molar-refractivity contribution < 1.29 is 19.1 Å². The number of rotatable bonds is 60. The van der Waals surface area contributed by atoms with E-state index in [0.29, 0.717) is 19.0 Å². The summed E-state index contributed by atoms with van der Waals surface area (Å²) >= 11 is 0. The van der Waals surface area contributed by atoms with Gasteiger partial charge in [0.15, 0.2) is 0 Å². The Hall–Kier alpha value is -0.980. The highest BCUT2D eigenvalue weighted by Gasteiger charge is 2.20. The number of hydrogen-bond acceptors (Lipinski definition) is 6. The Balaban J connectivity index is 4.58. The van der Waals surface area contributed by atoms with Crippen LogP contribution < -0.4 is 0 Å². The molecule has 0 radical (unpaired) electrons. The molecule has 0 aromatic rings. The molecule has 0 saturated carbocycles. The van der Waals surface area contributed by atoms with E-state index in [1.165, 1.54) is 257 Å². The van der Waals surface area contributed by atoms with Gasteiger partial charge in [-0.15, -0.1) is 0 Å². The van der Waals surface area contributed by atoms with Gasteiger partial charge in [0.25, 0.3) is 0 Å². The first kappa shape index (κ1) is 69.0. The minimum Gasteiger partial charge on any atom is -0.465 e. The highest BCUT2D eigenvalue weighted by atomic mass is 16.5. The molecule has 0 aromatic carbocycles. The summed E-state index contributed by atoms with van der Waals surface area (Å²) in [7, 11) is 4.36. The van der Waals surface area contributed by atoms with Crippen molar-refractivity contribution >= 4 is 11.8 Å². The molecule has 418 valence electrons. The standard InChI is InChI=1S/C64H128N2O4/c1-7-11-15-19-23-27-29-32-35-43-51-61(50-42-34-30-25-21-17-13-9-3)64(68)70-59-49-41-39-47-55-66(57-56-65(5)6)54-46-38-40-48-58-69-60-62(52-44-36-31-26-22-18-14-10-4)63(67)53-45-37-33-28-24-20-16-12-8-2/h61-62H,7-60H2,1-6H3. The van der Waals surface area contributed by atoms with Crippen molar-refractivity contribution in [3.63, 3.8) is 0 Å². The van der Waals surface area contributed by atoms with Crippen LogP contribution in [0.25, 0.3) is 0 Å². The highest BCUT2D eigenvalue weighted by Crippen LogP contribution is 2.23. The van der Waals surface area contributed by atoms with Crippen LogP contribution in [0.5, 0.6) is 0 Å². The number of unbranched alkanes of at least 4 members (excludes halogenated alkanes) is 37. The zero-order valence-electron chi connectivity index (χ0n) is 48.9. The van der Waals surface area contributed by atoms with Gasteiger partial charge in [-0.2, -0.15) is 0 Å². The van der Waals surface area contributed by atoms with Crippen LogP contribution in [-0.2, 0) is 19.1 Å². The molecule has 0 aliphatic carbocycles. The van der Waals surface area contributed by atoms with Crippen LogP contribution in [0.2, 0.25) is 0 Å². The molecule has 6 heteroatoms. The van der Waals surface area contributed by atoms with Gasteiger partial charge in [-0.3, -0.25) is 9.59 Å². The maximum Gasteiger partial charge on any atom is 0.308 e. The molecule has 0 aliphatic heterocycles. The predicted molar refractivity (Wildman–Crippen MR) is 308 cm³/mol. The number of Topliss-reactive ketones (excluding diaryl/α,β-unsaturated/α-hetero) is 1. The first-order valence-corrected chi connectivity index (χ1v) is 32.0. The topological polar surface area (TPSA) is 59.1 Å². The average molecular weight is 990 g/mol. The predicted octanol–water partition coefficient (Wildman–Crippen LogP) is 19.6. The maximum atomic E-state index is 13.4. The van der Waals surface area contributed by atoms with Gasteiger partial charge in [0, 0.05) is 32.0 Å². The number of likely N-dealkylation sites (N-methyl/N-ethyl adjacent to an activating group) is 1. The fraction of sp³-hybridized carbons (Fsp3) is 0.969. The zero-order chi connectivity index (χ0) is 51.1. The summed E-state index contributed by atoms with van der Waals surface area (Å²) in [5.41, 5.74) is 0. The van der Waals surface area contributed by atoms with E-state index in [-0.39, 0.29) is 17.8 Å². The Kier molecular flexibility index (Phi) is 56.5. The Bertz CT molecular complexity index is 1040. The van der Waals surface area contributed by atoms with Crippen molar-refractivity contribution in [1.29, 1.82) is 0 Å². The van der Waals surface area contributed by atoms with E-state index in [9.17, 15) is 9.59 Å². The van der Waals surface area contributed by atoms with Crippen LogP contribution in [0.1, 0.15) is 329 Å². The number of ketones is 1. The summed E-state index contributed by atoms with van der Waals surface area (Å²) in [6.07, 6.45) is 59.2. The highest BCUT2D eigenvalue weighted by molar-refractivity contribution is 5.81. The summed E-state index contributed by atoms with van der Waals surface area (Å²) in [4.78, 5) is 31.7. The molecule has 0 aliphatic rings. The van der Waals surface area contributed by atoms with E-state index in [4.69, 9.17) is 9.47 Å². The van der Waals surface area contributed by atoms with Crippen LogP contribution >= 0.6 is 0 Å². The first-order valence-electron chi connectivity index (χ1n) is 32.0. The van der Waals surface area contributed by atoms with Crippen molar-refractivity contribution in [3.8, 4) is 0 Å². The summed E-state index contributed by atoms with van der Waals surface area (Å²) in [6.45, 7) is 15.7. The number of nitrogens with zero attached hydrogens (tertiary/aromatic N) is 2. The summed E-state index contributed by atoms with van der Waals surface area (Å²) in [6, 6.07) is 0. The number of carbonyl (C=O) groups excluding carboxylic acids is 2. The third kappa shape index (κ3) is 50.5. The molecule has 0 bridgehead atoms. The lowest BCUT2D eigenvalue weighted by atomic mass is 9.93. The van der Waals surface area contributed by atoms with Crippen molar-refractivity contribution in [1.82, 2.24) is 9.80 Å². The van der Waals surface area contributed by atoms with E-state index >= 15 is 0 Å². The van der Waals surface area contributed by atoms with Crippen LogP contribution in [0.15, 0.2) is 0 Å². The minimum absolute atomic E-state index is 0.0910. The molecular weight excluding hydrogens is 861 g/mol. The van der Waals surface area contributed by atoms with E-state index in [2.05, 4.69) is 51.6 Å². The first-order chi connectivity index (χ1) is 34.4. The van der Waals surface area contributed by atoms with E-state index < -0.39 is 0 Å². The SMILES string of the molecule is CCCCCCCCCCCCC(CCCCCCCCCC)C(=O)OCCCCCCN(CCCCCCOCC(CCCCCCCCCC)C(=O)CCCCCCCCCCC)CCN(C)C. The maximum absolute atomic E-state index is 13.4. The third-order valence-corrected chi connectivity index (χ3v) is 15.3. The van der Waals surface area contributed by atoms with E-state index in [1.54, 1.807) is 0 Å². The van der Waals surface area contributed by atoms with Gasteiger partial charge in [0.05, 0.1) is 19.1 Å². The lowest BCUT2D eigenvalue weighted by Gasteiger charge is -2.24. The Morgan fingerprint density at radius 2 is 0.671 bits per heavy atom. The summed E-state index contributed by atoms with van der Waals surface area (Å²) < 4.78 is 12.2. The summed E-state index contributed by atoms with van der Waals surface area (Å²) in [5.74, 6) is 0.756. The van der Waals surface area contributed by atoms with Gasteiger partial charge in [-0.1, -0.05) is 272 Å². The number of hydrogen-bond donors (Lipinski definition) is 0. The van der Waals surface area contributed by atoms with E-state index in [0.717, 1.165) is 77.6 Å². The number of carbonyl (C=O) groups is 2. The van der Waals surface area contributed by atoms with Crippen LogP contribution in [-0.4, -0.2) is 81.6 Å². The lowest BCUT2D eigenvalue weighted by Crippen LogP contribution is -2.33. The molecule has 0 heterocycles. The number of esters is 1. The second kappa shape index (κ2) is 57.3. The molecule has 0 rings (SSSR count). The van der Waals surface area contributed by atoms with Crippen molar-refractivity contribution in [3.05, 3.63) is 0 Å². The summed E-state index contributed by atoms with van der Waals surface area (Å²) in [5, 5.41) is 0. The van der Waals surface area contributed by atoms with Crippen LogP contribution in [0, 0.1) is 11.8 Å². The molecule has 6 nitrogen and oxygen atoms in total. The molecule has 0 aromatic heterocycles. The smallest absolute Gasteiger partial charge is 0.308 e. The molecule has 2 unspecified atom stereocenters. The largest absolute Gasteiger partial charge is 0.465 e. The van der Waals surface area contributed by atoms with Gasteiger partial charge in [-0.25, -0.2) is 0 Å². The monoisotopic (exact) mass is 989 g/mol. The van der Waals surface area contributed by atoms with E-state index in [1.807, 2.05) is 0 Å². The normalized spacial score (nSPS) is 12.7. The second-order valence-electron chi connectivity index (χ2n) is 22.7. The minimum atomic E-state index is 0.0910. The fourth-order valence-corrected chi connectivity index (χ4v) is 10.3. The Morgan fingerprint density at radius 1 is 0.343 bits per heavy atom. The Morgan fingerprint density at radius 3 is 1.07 bits per heavy atom. The van der Waals surface area contributed by atoms with Gasteiger partial charge in [0.1, 0.15) is 5.78 Å². The van der Waals surface area contributed by atoms with Crippen LogP contribution in [0.3, 0.4) is 0 Å². The zero-order valence-corrected chi connectivity index (χ0v) is 48.9. The van der Waals surface area contributed by atoms with Gasteiger partial charge in [-0.05, 0) is 78.6 Å². The molecule has 0 amide bonds. The number of ether oxygens (including phenoxy) is 2. The molecule has 2 atom stereocenters. The van der Waals surface area contributed by atoms with Crippen molar-refractivity contribution in [2.24, 2.45) is 11.8 Å². The quantitative estimate of drug-likeness (QED) is 0.0447. The van der Waals surface area contributed by atoms with Crippen molar-refractivity contribution in [2.45, 2.75) is 329 Å². The van der Waals surface area contributed by atoms with Gasteiger partial charge >= 0.3 is 5.97 Å². The molecule has 70 heavy (non-hydrogen) atoms. The van der Waals surface area contributed by atoms with Crippen LogP contribution in [0.4, 0.5) is 0 Å². The third-order valence-electron chi connectivity index (χ3n) is 15.3. The molecule has 0 spiro atoms. The fourth-order valence-electron chi connectivity index (χ4n) is 10.3. The lowest BCUT2D eigenvalue weighted by molar-refractivity contribution is -0.149. The molecule has 0 saturated heterocycles. The Labute approximate surface area is 440 Å². The molecular formula is C64H128N2O4. The van der Waals surface area contributed by atoms with Gasteiger partial charge in [0.2, 0.25) is 0 Å². The molecule has 0 N–H and O–H groups in total. The van der Waals surface area contributed by atoms with Crippen molar-refractivity contribution in [2.75, 3.05) is 60.1 Å².